The van der Waals surface area contributed by atoms with Crippen molar-refractivity contribution in [2.24, 2.45) is 10.9 Å². The van der Waals surface area contributed by atoms with Gasteiger partial charge in [-0.1, -0.05) is 13.8 Å². The van der Waals surface area contributed by atoms with E-state index in [2.05, 4.69) is 29.5 Å². The third-order valence-corrected chi connectivity index (χ3v) is 2.97. The van der Waals surface area contributed by atoms with Crippen LogP contribution in [0.4, 0.5) is 13.2 Å². The third kappa shape index (κ3) is 9.38. The molecule has 0 saturated carbocycles. The normalized spacial score (nSPS) is 20.5. The average molecular weight is 422 g/mol. The Labute approximate surface area is 142 Å². The number of guanidine groups is 1. The van der Waals surface area contributed by atoms with E-state index >= 15 is 0 Å². The quantitative estimate of drug-likeness (QED) is 0.406. The molecular formula is C13H26F3IN4. The smallest absolute Gasteiger partial charge is 0.357 e. The summed E-state index contributed by atoms with van der Waals surface area (Å²) in [4.78, 5) is 5.86. The number of rotatable bonds is 5. The fourth-order valence-electron chi connectivity index (χ4n) is 2.13. The molecule has 1 unspecified atom stereocenters. The van der Waals surface area contributed by atoms with E-state index in [0.717, 1.165) is 6.54 Å². The van der Waals surface area contributed by atoms with Crippen molar-refractivity contribution in [3.8, 4) is 0 Å². The Morgan fingerprint density at radius 1 is 1.38 bits per heavy atom. The molecule has 4 nitrogen and oxygen atoms in total. The molecule has 126 valence electrons. The van der Waals surface area contributed by atoms with Crippen LogP contribution in [0.15, 0.2) is 4.99 Å². The Morgan fingerprint density at radius 2 is 2.05 bits per heavy atom. The molecule has 0 aromatic heterocycles. The van der Waals surface area contributed by atoms with Gasteiger partial charge in [0.25, 0.3) is 0 Å². The summed E-state index contributed by atoms with van der Waals surface area (Å²) < 4.78 is 37.0. The van der Waals surface area contributed by atoms with Gasteiger partial charge in [0.05, 0.1) is 6.54 Å². The van der Waals surface area contributed by atoms with Gasteiger partial charge >= 0.3 is 6.18 Å². The van der Waals surface area contributed by atoms with E-state index < -0.39 is 12.7 Å². The Kier molecular flexibility index (Phi) is 9.59. The molecule has 2 N–H and O–H groups in total. The number of aliphatic imine (C=N–C) groups is 1. The van der Waals surface area contributed by atoms with Gasteiger partial charge in [0, 0.05) is 32.2 Å². The Hall–Kier alpha value is -0.250. The number of hydrogen-bond acceptors (Lipinski definition) is 2. The number of likely N-dealkylation sites (tertiary alicyclic amines) is 1. The zero-order chi connectivity index (χ0) is 15.2. The molecule has 1 fully saturated rings. The second-order valence-corrected chi connectivity index (χ2v) is 5.59. The van der Waals surface area contributed by atoms with Gasteiger partial charge in [-0.05, 0) is 19.3 Å². The second-order valence-electron chi connectivity index (χ2n) is 5.59. The van der Waals surface area contributed by atoms with Crippen LogP contribution in [0.1, 0.15) is 27.2 Å². The highest BCUT2D eigenvalue weighted by molar-refractivity contribution is 14.0. The lowest BCUT2D eigenvalue weighted by molar-refractivity contribution is -0.143. The van der Waals surface area contributed by atoms with Crippen molar-refractivity contribution in [3.05, 3.63) is 0 Å². The molecule has 1 aliphatic heterocycles. The van der Waals surface area contributed by atoms with Gasteiger partial charge < -0.3 is 10.6 Å². The molecule has 1 heterocycles. The van der Waals surface area contributed by atoms with Crippen LogP contribution in [0.3, 0.4) is 0 Å². The first-order chi connectivity index (χ1) is 9.30. The summed E-state index contributed by atoms with van der Waals surface area (Å²) in [6.07, 6.45) is -3.41. The van der Waals surface area contributed by atoms with E-state index in [4.69, 9.17) is 0 Å². The first-order valence-electron chi connectivity index (χ1n) is 7.14. The van der Waals surface area contributed by atoms with Gasteiger partial charge in [-0.25, -0.2) is 0 Å². The standard InChI is InChI=1S/C13H25F3N4.HI/c1-4-17-12(18-7-10(2)3)19-11-5-6-20(8-11)9-13(14,15)16;/h10-11H,4-9H2,1-3H3,(H2,17,18,19);1H. The van der Waals surface area contributed by atoms with Gasteiger partial charge in [0.1, 0.15) is 0 Å². The van der Waals surface area contributed by atoms with Gasteiger partial charge in [0.2, 0.25) is 0 Å². The molecule has 8 heteroatoms. The van der Waals surface area contributed by atoms with Crippen molar-refractivity contribution in [2.45, 2.75) is 39.4 Å². The zero-order valence-corrected chi connectivity index (χ0v) is 15.2. The number of halogens is 4. The Morgan fingerprint density at radius 3 is 2.57 bits per heavy atom. The van der Waals surface area contributed by atoms with Crippen LogP contribution in [0, 0.1) is 5.92 Å². The minimum Gasteiger partial charge on any atom is -0.357 e. The second kappa shape index (κ2) is 9.70. The van der Waals surface area contributed by atoms with E-state index in [1.165, 1.54) is 4.90 Å². The van der Waals surface area contributed by atoms with Crippen LogP contribution >= 0.6 is 24.0 Å². The molecule has 0 bridgehead atoms. The summed E-state index contributed by atoms with van der Waals surface area (Å²) in [6.45, 7) is 7.62. The molecular weight excluding hydrogens is 396 g/mol. The highest BCUT2D eigenvalue weighted by atomic mass is 127. The average Bonchev–Trinajstić information content (AvgIpc) is 2.71. The van der Waals surface area contributed by atoms with Gasteiger partial charge in [-0.3, -0.25) is 9.89 Å². The predicted molar refractivity (Wildman–Crippen MR) is 90.3 cm³/mol. The first-order valence-corrected chi connectivity index (χ1v) is 7.14. The summed E-state index contributed by atoms with van der Waals surface area (Å²) in [6, 6.07) is 0.0299. The van der Waals surface area contributed by atoms with Crippen LogP contribution in [-0.4, -0.2) is 55.8 Å². The van der Waals surface area contributed by atoms with Crippen molar-refractivity contribution in [1.82, 2.24) is 15.5 Å². The van der Waals surface area contributed by atoms with Crippen molar-refractivity contribution in [1.29, 1.82) is 0 Å². The van der Waals surface area contributed by atoms with Crippen molar-refractivity contribution >= 4 is 29.9 Å². The maximum Gasteiger partial charge on any atom is 0.401 e. The molecule has 0 aromatic carbocycles. The molecule has 0 radical (unpaired) electrons. The van der Waals surface area contributed by atoms with Crippen LogP contribution in [0.2, 0.25) is 0 Å². The van der Waals surface area contributed by atoms with E-state index in [0.29, 0.717) is 37.9 Å². The monoisotopic (exact) mass is 422 g/mol. The highest BCUT2D eigenvalue weighted by Gasteiger charge is 2.34. The van der Waals surface area contributed by atoms with Gasteiger partial charge in [0.15, 0.2) is 5.96 Å². The molecule has 0 amide bonds. The molecule has 1 atom stereocenters. The largest absolute Gasteiger partial charge is 0.401 e. The lowest BCUT2D eigenvalue weighted by Crippen LogP contribution is -2.45. The van der Waals surface area contributed by atoms with Crippen LogP contribution in [0.5, 0.6) is 0 Å². The minimum atomic E-state index is -4.12. The van der Waals surface area contributed by atoms with Crippen molar-refractivity contribution in [2.75, 3.05) is 32.7 Å². The summed E-state index contributed by atoms with van der Waals surface area (Å²) >= 11 is 0. The summed E-state index contributed by atoms with van der Waals surface area (Å²) in [7, 11) is 0. The molecule has 1 aliphatic rings. The maximum absolute atomic E-state index is 12.3. The summed E-state index contributed by atoms with van der Waals surface area (Å²) in [5.41, 5.74) is 0. The fourth-order valence-corrected chi connectivity index (χ4v) is 2.13. The molecule has 0 aromatic rings. The fraction of sp³-hybridized carbons (Fsp3) is 0.923. The first kappa shape index (κ1) is 20.8. The van der Waals surface area contributed by atoms with E-state index in [1.54, 1.807) is 0 Å². The number of hydrogen-bond donors (Lipinski definition) is 2. The van der Waals surface area contributed by atoms with E-state index in [-0.39, 0.29) is 30.0 Å². The number of alkyl halides is 3. The van der Waals surface area contributed by atoms with Crippen LogP contribution in [-0.2, 0) is 0 Å². The van der Waals surface area contributed by atoms with Gasteiger partial charge in [-0.15, -0.1) is 24.0 Å². The predicted octanol–water partition coefficient (Wildman–Crippen LogP) is 2.45. The van der Waals surface area contributed by atoms with Crippen molar-refractivity contribution < 1.29 is 13.2 Å². The molecule has 21 heavy (non-hydrogen) atoms. The molecule has 1 rings (SSSR count). The third-order valence-electron chi connectivity index (χ3n) is 2.97. The topological polar surface area (TPSA) is 39.7 Å². The summed E-state index contributed by atoms with van der Waals surface area (Å²) in [5, 5.41) is 6.34. The van der Waals surface area contributed by atoms with E-state index in [1.807, 2.05) is 6.92 Å². The molecule has 0 spiro atoms. The number of nitrogens with zero attached hydrogens (tertiary/aromatic N) is 2. The zero-order valence-electron chi connectivity index (χ0n) is 12.8. The molecule has 0 aliphatic carbocycles. The lowest BCUT2D eigenvalue weighted by atomic mass is 10.2. The van der Waals surface area contributed by atoms with Gasteiger partial charge in [-0.2, -0.15) is 13.2 Å². The SMILES string of the molecule is CCNC(=NCC(C)C)NC1CCN(CC(F)(F)F)C1.I. The molecule has 1 saturated heterocycles. The Bertz CT molecular complexity index is 321. The lowest BCUT2D eigenvalue weighted by Gasteiger charge is -2.20. The van der Waals surface area contributed by atoms with Crippen LogP contribution < -0.4 is 10.6 Å². The van der Waals surface area contributed by atoms with Crippen molar-refractivity contribution in [3.63, 3.8) is 0 Å². The maximum atomic E-state index is 12.3. The van der Waals surface area contributed by atoms with Crippen LogP contribution in [0.25, 0.3) is 0 Å². The summed E-state index contributed by atoms with van der Waals surface area (Å²) in [5.74, 6) is 1.15. The number of nitrogens with one attached hydrogen (secondary N) is 2. The highest BCUT2D eigenvalue weighted by Crippen LogP contribution is 2.19. The Balaban J connectivity index is 0.00000400. The minimum absolute atomic E-state index is 0. The van der Waals surface area contributed by atoms with E-state index in [9.17, 15) is 13.2 Å².